The molecule has 6 nitrogen and oxygen atoms in total. The number of hydrogen-bond acceptors (Lipinski definition) is 5. The lowest BCUT2D eigenvalue weighted by molar-refractivity contribution is 0.0946. The summed E-state index contributed by atoms with van der Waals surface area (Å²) in [5.41, 5.74) is 6.04. The Kier molecular flexibility index (Phi) is 6.51. The average molecular weight is 496 g/mol. The van der Waals surface area contributed by atoms with Gasteiger partial charge in [-0.1, -0.05) is 60.7 Å². The molecule has 36 heavy (non-hydrogen) atoms. The van der Waals surface area contributed by atoms with E-state index in [-0.39, 0.29) is 11.9 Å². The van der Waals surface area contributed by atoms with Gasteiger partial charge in [-0.05, 0) is 29.7 Å². The van der Waals surface area contributed by atoms with Crippen molar-refractivity contribution >= 4 is 27.8 Å². The van der Waals surface area contributed by atoms with E-state index >= 15 is 0 Å². The Bertz CT molecular complexity index is 1430. The molecular weight excluding hydrogens is 466 g/mol. The first-order valence-corrected chi connectivity index (χ1v) is 13.3. The molecule has 1 aliphatic carbocycles. The van der Waals surface area contributed by atoms with Gasteiger partial charge < -0.3 is 10.6 Å². The first-order valence-electron chi connectivity index (χ1n) is 12.5. The fourth-order valence-electron chi connectivity index (χ4n) is 4.92. The van der Waals surface area contributed by atoms with Crippen molar-refractivity contribution < 1.29 is 4.79 Å². The SMILES string of the molecule is O=C(NC1CC=CC=C1c1cn2c(CN3CCNCC3)csc2n1)c1cccc(-c2ccccc2)c1. The summed E-state index contributed by atoms with van der Waals surface area (Å²) in [5, 5.41) is 8.89. The Morgan fingerprint density at radius 2 is 1.92 bits per heavy atom. The summed E-state index contributed by atoms with van der Waals surface area (Å²) in [5.74, 6) is -0.0700. The van der Waals surface area contributed by atoms with Crippen molar-refractivity contribution in [3.8, 4) is 11.1 Å². The molecule has 0 saturated carbocycles. The summed E-state index contributed by atoms with van der Waals surface area (Å²) in [7, 11) is 0. The van der Waals surface area contributed by atoms with Crippen LogP contribution in [0, 0.1) is 0 Å². The van der Waals surface area contributed by atoms with Crippen LogP contribution in [0.2, 0.25) is 0 Å². The molecule has 1 amide bonds. The lowest BCUT2D eigenvalue weighted by Crippen LogP contribution is -2.43. The number of fused-ring (bicyclic) bond motifs is 1. The van der Waals surface area contributed by atoms with E-state index in [1.54, 1.807) is 11.3 Å². The quantitative estimate of drug-likeness (QED) is 0.410. The molecule has 2 N–H and O–H groups in total. The molecule has 0 bridgehead atoms. The first kappa shape index (κ1) is 22.9. The lowest BCUT2D eigenvalue weighted by Gasteiger charge is -2.26. The van der Waals surface area contributed by atoms with Crippen LogP contribution in [0.5, 0.6) is 0 Å². The number of carbonyl (C=O) groups excluding carboxylic acids is 1. The number of nitrogens with one attached hydrogen (secondary N) is 2. The van der Waals surface area contributed by atoms with E-state index in [4.69, 9.17) is 4.98 Å². The molecule has 0 radical (unpaired) electrons. The normalized spacial score (nSPS) is 18.3. The maximum atomic E-state index is 13.3. The molecule has 1 unspecified atom stereocenters. The highest BCUT2D eigenvalue weighted by molar-refractivity contribution is 7.15. The van der Waals surface area contributed by atoms with Gasteiger partial charge in [-0.15, -0.1) is 11.3 Å². The van der Waals surface area contributed by atoms with Crippen molar-refractivity contribution in [1.82, 2.24) is 24.9 Å². The Hall–Kier alpha value is -3.52. The Morgan fingerprint density at radius 3 is 2.78 bits per heavy atom. The van der Waals surface area contributed by atoms with E-state index in [2.05, 4.69) is 61.9 Å². The molecule has 1 aliphatic heterocycles. The van der Waals surface area contributed by atoms with E-state index < -0.39 is 0 Å². The Morgan fingerprint density at radius 1 is 1.08 bits per heavy atom. The minimum Gasteiger partial charge on any atom is -0.345 e. The lowest BCUT2D eigenvalue weighted by atomic mass is 9.96. The van der Waals surface area contributed by atoms with E-state index in [9.17, 15) is 4.79 Å². The number of allylic oxidation sites excluding steroid dienone is 2. The number of aromatic nitrogens is 2. The predicted octanol–water partition coefficient (Wildman–Crippen LogP) is 4.61. The smallest absolute Gasteiger partial charge is 0.251 e. The zero-order valence-corrected chi connectivity index (χ0v) is 20.9. The van der Waals surface area contributed by atoms with Crippen molar-refractivity contribution in [2.24, 2.45) is 0 Å². The third-order valence-electron chi connectivity index (χ3n) is 6.87. The summed E-state index contributed by atoms with van der Waals surface area (Å²) in [6.45, 7) is 5.13. The molecular formula is C29H29N5OS. The second-order valence-corrected chi connectivity index (χ2v) is 10.1. The van der Waals surface area contributed by atoms with Gasteiger partial charge in [0.1, 0.15) is 0 Å². The van der Waals surface area contributed by atoms with Crippen LogP contribution in [-0.4, -0.2) is 52.4 Å². The second-order valence-electron chi connectivity index (χ2n) is 9.29. The summed E-state index contributed by atoms with van der Waals surface area (Å²) in [4.78, 5) is 21.7. The maximum absolute atomic E-state index is 13.3. The number of piperazine rings is 1. The molecule has 6 rings (SSSR count). The third kappa shape index (κ3) is 4.78. The van der Waals surface area contributed by atoms with Gasteiger partial charge in [-0.2, -0.15) is 0 Å². The number of rotatable bonds is 6. The number of carbonyl (C=O) groups is 1. The molecule has 1 fully saturated rings. The highest BCUT2D eigenvalue weighted by atomic mass is 32.1. The predicted molar refractivity (Wildman–Crippen MR) is 146 cm³/mol. The summed E-state index contributed by atoms with van der Waals surface area (Å²) in [6.07, 6.45) is 9.11. The van der Waals surface area contributed by atoms with E-state index in [0.29, 0.717) is 5.56 Å². The molecule has 4 aromatic rings. The topological polar surface area (TPSA) is 61.7 Å². The van der Waals surface area contributed by atoms with Crippen molar-refractivity contribution in [2.75, 3.05) is 26.2 Å². The monoisotopic (exact) mass is 495 g/mol. The Labute approximate surface area is 215 Å². The number of imidazole rings is 1. The summed E-state index contributed by atoms with van der Waals surface area (Å²) < 4.78 is 2.21. The maximum Gasteiger partial charge on any atom is 0.251 e. The highest BCUT2D eigenvalue weighted by Crippen LogP contribution is 2.28. The number of nitrogens with zero attached hydrogens (tertiary/aromatic N) is 3. The van der Waals surface area contributed by atoms with Gasteiger partial charge in [0, 0.05) is 61.1 Å². The largest absolute Gasteiger partial charge is 0.345 e. The van der Waals surface area contributed by atoms with Crippen LogP contribution in [-0.2, 0) is 6.54 Å². The first-order chi connectivity index (χ1) is 17.7. The molecule has 2 aliphatic rings. The molecule has 1 saturated heterocycles. The standard InChI is InChI=1S/C29H29N5OS/c35-28(23-10-6-9-22(17-23)21-7-2-1-3-8-21)31-26-12-5-4-11-25(26)27-19-34-24(20-36-29(34)32-27)18-33-15-13-30-14-16-33/h1-11,17,19-20,26,30H,12-16,18H2,(H,31,35). The fraction of sp³-hybridized carbons (Fsp3) is 0.241. The van der Waals surface area contributed by atoms with Crippen LogP contribution in [0.3, 0.4) is 0 Å². The number of thiazole rings is 1. The molecule has 182 valence electrons. The van der Waals surface area contributed by atoms with Gasteiger partial charge in [-0.25, -0.2) is 4.98 Å². The zero-order valence-electron chi connectivity index (χ0n) is 20.1. The van der Waals surface area contributed by atoms with E-state index in [1.807, 2.05) is 42.5 Å². The van der Waals surface area contributed by atoms with Crippen LogP contribution < -0.4 is 10.6 Å². The molecule has 3 heterocycles. The van der Waals surface area contributed by atoms with Crippen LogP contribution in [0.25, 0.3) is 21.7 Å². The van der Waals surface area contributed by atoms with E-state index in [0.717, 1.165) is 66.5 Å². The Balaban J connectivity index is 1.21. The number of hydrogen-bond donors (Lipinski definition) is 2. The second kappa shape index (κ2) is 10.2. The molecule has 1 atom stereocenters. The zero-order chi connectivity index (χ0) is 24.3. The number of amides is 1. The molecule has 0 spiro atoms. The van der Waals surface area contributed by atoms with Gasteiger partial charge in [0.2, 0.25) is 0 Å². The van der Waals surface area contributed by atoms with Gasteiger partial charge >= 0.3 is 0 Å². The average Bonchev–Trinajstić information content (AvgIpc) is 3.52. The van der Waals surface area contributed by atoms with Gasteiger partial charge in [-0.3, -0.25) is 14.1 Å². The van der Waals surface area contributed by atoms with E-state index in [1.165, 1.54) is 5.69 Å². The minimum absolute atomic E-state index is 0.0700. The molecule has 7 heteroatoms. The van der Waals surface area contributed by atoms with Gasteiger partial charge in [0.15, 0.2) is 4.96 Å². The fourth-order valence-corrected chi connectivity index (χ4v) is 5.79. The van der Waals surface area contributed by atoms with Gasteiger partial charge in [0.25, 0.3) is 5.91 Å². The number of benzene rings is 2. The molecule has 2 aromatic heterocycles. The van der Waals surface area contributed by atoms with Crippen LogP contribution in [0.15, 0.2) is 84.4 Å². The van der Waals surface area contributed by atoms with Crippen LogP contribution >= 0.6 is 11.3 Å². The van der Waals surface area contributed by atoms with Crippen LogP contribution in [0.1, 0.15) is 28.2 Å². The summed E-state index contributed by atoms with van der Waals surface area (Å²) >= 11 is 1.68. The molecule has 2 aromatic carbocycles. The summed E-state index contributed by atoms with van der Waals surface area (Å²) in [6, 6.07) is 17.8. The highest BCUT2D eigenvalue weighted by Gasteiger charge is 2.23. The third-order valence-corrected chi connectivity index (χ3v) is 7.76. The van der Waals surface area contributed by atoms with Crippen molar-refractivity contribution in [3.05, 3.63) is 101 Å². The van der Waals surface area contributed by atoms with Crippen molar-refractivity contribution in [2.45, 2.75) is 19.0 Å². The van der Waals surface area contributed by atoms with Crippen molar-refractivity contribution in [1.29, 1.82) is 0 Å². The minimum atomic E-state index is -0.121. The van der Waals surface area contributed by atoms with Crippen molar-refractivity contribution in [3.63, 3.8) is 0 Å². The van der Waals surface area contributed by atoms with Gasteiger partial charge in [0.05, 0.1) is 11.7 Å². The van der Waals surface area contributed by atoms with Crippen LogP contribution in [0.4, 0.5) is 0 Å².